The number of carboxylic acid groups (broad SMARTS) is 1. The summed E-state index contributed by atoms with van der Waals surface area (Å²) in [5.74, 6) is -1.10. The average Bonchev–Trinajstić information content (AvgIpc) is 2.78. The molecule has 18 heavy (non-hydrogen) atoms. The summed E-state index contributed by atoms with van der Waals surface area (Å²) >= 11 is 0. The van der Waals surface area contributed by atoms with Crippen molar-refractivity contribution in [1.29, 1.82) is 0 Å². The van der Waals surface area contributed by atoms with Gasteiger partial charge in [0.05, 0.1) is 18.3 Å². The summed E-state index contributed by atoms with van der Waals surface area (Å²) in [5, 5.41) is 12.8. The first-order valence-electron chi connectivity index (χ1n) is 5.28. The van der Waals surface area contributed by atoms with Crippen LogP contribution in [0.4, 0.5) is 0 Å². The van der Waals surface area contributed by atoms with Crippen molar-refractivity contribution in [3.05, 3.63) is 47.5 Å². The van der Waals surface area contributed by atoms with Crippen molar-refractivity contribution in [1.82, 2.24) is 14.8 Å². The second-order valence-corrected chi connectivity index (χ2v) is 3.84. The van der Waals surface area contributed by atoms with Gasteiger partial charge in [-0.3, -0.25) is 9.48 Å². The normalized spacial score (nSPS) is 10.3. The van der Waals surface area contributed by atoms with Gasteiger partial charge in [-0.05, 0) is 18.6 Å². The van der Waals surface area contributed by atoms with E-state index in [0.29, 0.717) is 12.1 Å². The Hall–Kier alpha value is -2.50. The van der Waals surface area contributed by atoms with Gasteiger partial charge in [-0.15, -0.1) is 0 Å². The zero-order valence-corrected chi connectivity index (χ0v) is 9.70. The molecular formula is C12H11N3O3. The molecule has 0 aliphatic rings. The fourth-order valence-electron chi connectivity index (χ4n) is 1.46. The summed E-state index contributed by atoms with van der Waals surface area (Å²) in [6, 6.07) is 3.11. The molecule has 0 amide bonds. The number of carboxylic acids is 1. The SMILES string of the molecule is CC(=O)c1cnn(Cc2ccc(C(=O)O)nc2)c1. The second-order valence-electron chi connectivity index (χ2n) is 3.84. The van der Waals surface area contributed by atoms with Crippen LogP contribution in [-0.4, -0.2) is 31.6 Å². The van der Waals surface area contributed by atoms with Crippen LogP contribution in [0.1, 0.15) is 33.3 Å². The average molecular weight is 245 g/mol. The molecule has 2 aromatic rings. The number of pyridine rings is 1. The lowest BCUT2D eigenvalue weighted by Gasteiger charge is -2.01. The van der Waals surface area contributed by atoms with Crippen molar-refractivity contribution in [2.45, 2.75) is 13.5 Å². The van der Waals surface area contributed by atoms with Crippen molar-refractivity contribution >= 4 is 11.8 Å². The Morgan fingerprint density at radius 3 is 2.61 bits per heavy atom. The topological polar surface area (TPSA) is 85.1 Å². The van der Waals surface area contributed by atoms with Crippen LogP contribution in [0.15, 0.2) is 30.7 Å². The maximum absolute atomic E-state index is 11.1. The van der Waals surface area contributed by atoms with E-state index in [1.807, 2.05) is 0 Å². The van der Waals surface area contributed by atoms with Gasteiger partial charge >= 0.3 is 5.97 Å². The van der Waals surface area contributed by atoms with Gasteiger partial charge in [0.25, 0.3) is 0 Å². The van der Waals surface area contributed by atoms with Crippen LogP contribution in [0.2, 0.25) is 0 Å². The molecule has 0 unspecified atom stereocenters. The van der Waals surface area contributed by atoms with E-state index >= 15 is 0 Å². The number of carbonyl (C=O) groups excluding carboxylic acids is 1. The molecule has 6 heteroatoms. The summed E-state index contributed by atoms with van der Waals surface area (Å²) in [5.41, 5.74) is 1.37. The molecule has 0 bridgehead atoms. The van der Waals surface area contributed by atoms with Crippen molar-refractivity contribution in [2.75, 3.05) is 0 Å². The summed E-state index contributed by atoms with van der Waals surface area (Å²) in [7, 11) is 0. The van der Waals surface area contributed by atoms with Crippen molar-refractivity contribution in [3.8, 4) is 0 Å². The molecule has 0 saturated heterocycles. The van der Waals surface area contributed by atoms with E-state index < -0.39 is 5.97 Å². The number of ketones is 1. The molecule has 0 radical (unpaired) electrons. The summed E-state index contributed by atoms with van der Waals surface area (Å²) < 4.78 is 1.61. The molecule has 92 valence electrons. The van der Waals surface area contributed by atoms with Crippen LogP contribution in [0.5, 0.6) is 0 Å². The van der Waals surface area contributed by atoms with Crippen LogP contribution in [0.25, 0.3) is 0 Å². The van der Waals surface area contributed by atoms with Crippen LogP contribution >= 0.6 is 0 Å². The minimum absolute atomic E-state index is 0.00337. The van der Waals surface area contributed by atoms with E-state index in [4.69, 9.17) is 5.11 Å². The lowest BCUT2D eigenvalue weighted by molar-refractivity contribution is 0.0690. The molecule has 2 aromatic heterocycles. The standard InChI is InChI=1S/C12H11N3O3/c1-8(16)10-5-14-15(7-10)6-9-2-3-11(12(17)18)13-4-9/h2-5,7H,6H2,1H3,(H,17,18). The van der Waals surface area contributed by atoms with Crippen molar-refractivity contribution in [2.24, 2.45) is 0 Å². The number of hydrogen-bond donors (Lipinski definition) is 1. The highest BCUT2D eigenvalue weighted by molar-refractivity contribution is 5.93. The third-order valence-electron chi connectivity index (χ3n) is 2.43. The Kier molecular flexibility index (Phi) is 3.18. The second kappa shape index (κ2) is 4.79. The lowest BCUT2D eigenvalue weighted by atomic mass is 10.2. The first kappa shape index (κ1) is 12.0. The third kappa shape index (κ3) is 2.60. The molecule has 2 heterocycles. The molecule has 0 aliphatic carbocycles. The van der Waals surface area contributed by atoms with E-state index in [9.17, 15) is 9.59 Å². The quantitative estimate of drug-likeness (QED) is 0.819. The van der Waals surface area contributed by atoms with E-state index in [-0.39, 0.29) is 11.5 Å². The van der Waals surface area contributed by atoms with E-state index in [0.717, 1.165) is 5.56 Å². The molecule has 0 aliphatic heterocycles. The predicted molar refractivity (Wildman–Crippen MR) is 62.5 cm³/mol. The molecule has 0 saturated carbocycles. The molecule has 0 spiro atoms. The Morgan fingerprint density at radius 2 is 2.11 bits per heavy atom. The number of Topliss-reactive ketones (excluding diaryl/α,β-unsaturated/α-hetero) is 1. The fourth-order valence-corrected chi connectivity index (χ4v) is 1.46. The van der Waals surface area contributed by atoms with Gasteiger partial charge in [-0.2, -0.15) is 5.10 Å². The fraction of sp³-hybridized carbons (Fsp3) is 0.167. The lowest BCUT2D eigenvalue weighted by Crippen LogP contribution is -2.04. The summed E-state index contributed by atoms with van der Waals surface area (Å²) in [6.07, 6.45) is 4.63. The highest BCUT2D eigenvalue weighted by Crippen LogP contribution is 2.05. The molecule has 2 rings (SSSR count). The highest BCUT2D eigenvalue weighted by Gasteiger charge is 2.06. The van der Waals surface area contributed by atoms with Gasteiger partial charge in [0.2, 0.25) is 0 Å². The number of nitrogens with zero attached hydrogens (tertiary/aromatic N) is 3. The van der Waals surface area contributed by atoms with E-state index in [2.05, 4.69) is 10.1 Å². The van der Waals surface area contributed by atoms with Crippen molar-refractivity contribution < 1.29 is 14.7 Å². The molecule has 6 nitrogen and oxygen atoms in total. The smallest absolute Gasteiger partial charge is 0.354 e. The Labute approximate surface area is 103 Å². The Balaban J connectivity index is 2.13. The van der Waals surface area contributed by atoms with E-state index in [1.165, 1.54) is 25.4 Å². The zero-order valence-electron chi connectivity index (χ0n) is 9.70. The van der Waals surface area contributed by atoms with Gasteiger partial charge in [-0.25, -0.2) is 9.78 Å². The van der Waals surface area contributed by atoms with E-state index in [1.54, 1.807) is 16.9 Å². The monoisotopic (exact) mass is 245 g/mol. The van der Waals surface area contributed by atoms with Crippen molar-refractivity contribution in [3.63, 3.8) is 0 Å². The first-order chi connectivity index (χ1) is 8.56. The number of carbonyl (C=O) groups is 2. The molecule has 0 aromatic carbocycles. The number of hydrogen-bond acceptors (Lipinski definition) is 4. The number of aromatic nitrogens is 3. The van der Waals surface area contributed by atoms with Gasteiger partial charge in [0, 0.05) is 12.4 Å². The molecule has 1 N–H and O–H groups in total. The van der Waals surface area contributed by atoms with Gasteiger partial charge in [0.15, 0.2) is 5.78 Å². The zero-order chi connectivity index (χ0) is 13.1. The van der Waals surface area contributed by atoms with Gasteiger partial charge in [-0.1, -0.05) is 6.07 Å². The molecule has 0 fully saturated rings. The molecule has 0 atom stereocenters. The highest BCUT2D eigenvalue weighted by atomic mass is 16.4. The largest absolute Gasteiger partial charge is 0.477 e. The molecular weight excluding hydrogens is 234 g/mol. The minimum atomic E-state index is -1.06. The maximum Gasteiger partial charge on any atom is 0.354 e. The Bertz CT molecular complexity index is 587. The first-order valence-corrected chi connectivity index (χ1v) is 5.28. The summed E-state index contributed by atoms with van der Waals surface area (Å²) in [4.78, 5) is 25.5. The van der Waals surface area contributed by atoms with Crippen LogP contribution < -0.4 is 0 Å². The predicted octanol–water partition coefficient (Wildman–Crippen LogP) is 1.23. The minimum Gasteiger partial charge on any atom is -0.477 e. The third-order valence-corrected chi connectivity index (χ3v) is 2.43. The number of aromatic carboxylic acids is 1. The Morgan fingerprint density at radius 1 is 1.33 bits per heavy atom. The van der Waals surface area contributed by atoms with Crippen LogP contribution in [0.3, 0.4) is 0 Å². The van der Waals surface area contributed by atoms with Crippen LogP contribution in [-0.2, 0) is 6.54 Å². The maximum atomic E-state index is 11.1. The summed E-state index contributed by atoms with van der Waals surface area (Å²) in [6.45, 7) is 1.92. The van der Waals surface area contributed by atoms with Gasteiger partial charge in [0.1, 0.15) is 5.69 Å². The van der Waals surface area contributed by atoms with Gasteiger partial charge < -0.3 is 5.11 Å². The number of rotatable bonds is 4. The van der Waals surface area contributed by atoms with Crippen LogP contribution in [0, 0.1) is 0 Å².